The third-order valence-corrected chi connectivity index (χ3v) is 2.68. The third-order valence-electron chi connectivity index (χ3n) is 1.83. The summed E-state index contributed by atoms with van der Waals surface area (Å²) in [5.74, 6) is -0.521. The quantitative estimate of drug-likeness (QED) is 0.607. The summed E-state index contributed by atoms with van der Waals surface area (Å²) in [4.78, 5) is 10.0. The van der Waals surface area contributed by atoms with Gasteiger partial charge in [-0.2, -0.15) is 0 Å². The van der Waals surface area contributed by atoms with E-state index < -0.39 is 10.7 Å². The molecule has 0 saturated carbocycles. The predicted molar refractivity (Wildman–Crippen MR) is 57.4 cm³/mol. The first-order chi connectivity index (χ1) is 7.68. The van der Waals surface area contributed by atoms with Gasteiger partial charge in [0.2, 0.25) is 5.75 Å². The monoisotopic (exact) mass is 239 g/mol. The molecule has 0 atom stereocenters. The number of rotatable bonds is 3. The maximum atomic E-state index is 13.2. The van der Waals surface area contributed by atoms with E-state index in [-0.39, 0.29) is 16.5 Å². The molecular formula is C10H6FNO3S. The van der Waals surface area contributed by atoms with Crippen LogP contribution in [0.15, 0.2) is 35.7 Å². The molecule has 6 heteroatoms. The molecule has 0 saturated heterocycles. The van der Waals surface area contributed by atoms with Crippen LogP contribution in [0.1, 0.15) is 0 Å². The highest BCUT2D eigenvalue weighted by Crippen LogP contribution is 2.36. The molecule has 0 fully saturated rings. The number of benzene rings is 1. The van der Waals surface area contributed by atoms with Crippen molar-refractivity contribution in [3.63, 3.8) is 0 Å². The van der Waals surface area contributed by atoms with Gasteiger partial charge in [0.1, 0.15) is 0 Å². The van der Waals surface area contributed by atoms with E-state index >= 15 is 0 Å². The van der Waals surface area contributed by atoms with Gasteiger partial charge in [-0.3, -0.25) is 10.1 Å². The molecule has 0 N–H and O–H groups in total. The summed E-state index contributed by atoms with van der Waals surface area (Å²) >= 11 is 0.936. The number of nitrogens with zero attached hydrogens (tertiary/aromatic N) is 1. The molecule has 2 rings (SSSR count). The van der Waals surface area contributed by atoms with Gasteiger partial charge in [-0.1, -0.05) is 23.5 Å². The fourth-order valence-corrected chi connectivity index (χ4v) is 1.78. The van der Waals surface area contributed by atoms with Crippen molar-refractivity contribution in [3.8, 4) is 11.5 Å². The molecular weight excluding hydrogens is 233 g/mol. The van der Waals surface area contributed by atoms with Gasteiger partial charge in [0.25, 0.3) is 0 Å². The highest BCUT2D eigenvalue weighted by molar-refractivity contribution is 7.13. The summed E-state index contributed by atoms with van der Waals surface area (Å²) in [6.45, 7) is 0. The summed E-state index contributed by atoms with van der Waals surface area (Å²) < 4.78 is 18.4. The first kappa shape index (κ1) is 10.6. The van der Waals surface area contributed by atoms with E-state index in [2.05, 4.69) is 0 Å². The highest BCUT2D eigenvalue weighted by Gasteiger charge is 2.18. The number of ether oxygens (including phenoxy) is 1. The lowest BCUT2D eigenvalue weighted by molar-refractivity contribution is -0.380. The Balaban J connectivity index is 2.31. The molecule has 0 aliphatic heterocycles. The first-order valence-corrected chi connectivity index (χ1v) is 5.20. The van der Waals surface area contributed by atoms with E-state index in [4.69, 9.17) is 4.74 Å². The molecule has 2 aromatic rings. The van der Waals surface area contributed by atoms with Crippen molar-refractivity contribution < 1.29 is 14.1 Å². The van der Waals surface area contributed by atoms with Gasteiger partial charge < -0.3 is 4.74 Å². The number of thiophene rings is 1. The molecule has 1 aromatic carbocycles. The second kappa shape index (κ2) is 4.28. The standard InChI is InChI=1S/C10H6FNO3S/c11-7-3-1-2-4-8(7)15-9-5-6-16-10(9)12(13)14/h1-6H. The molecule has 0 amide bonds. The van der Waals surface area contributed by atoms with Gasteiger partial charge in [0.05, 0.1) is 4.92 Å². The molecule has 1 heterocycles. The molecule has 16 heavy (non-hydrogen) atoms. The van der Waals surface area contributed by atoms with Gasteiger partial charge >= 0.3 is 5.00 Å². The largest absolute Gasteiger partial charge is 0.446 e. The third kappa shape index (κ3) is 2.01. The van der Waals surface area contributed by atoms with Crippen molar-refractivity contribution in [1.29, 1.82) is 0 Å². The molecule has 1 aromatic heterocycles. The second-order valence-electron chi connectivity index (χ2n) is 2.88. The van der Waals surface area contributed by atoms with Crippen LogP contribution in [-0.2, 0) is 0 Å². The highest BCUT2D eigenvalue weighted by atomic mass is 32.1. The molecule has 0 aliphatic rings. The fourth-order valence-electron chi connectivity index (χ4n) is 1.15. The van der Waals surface area contributed by atoms with E-state index in [1.807, 2.05) is 0 Å². The zero-order valence-corrected chi connectivity index (χ0v) is 8.74. The maximum Gasteiger partial charge on any atom is 0.366 e. The molecule has 82 valence electrons. The molecule has 4 nitrogen and oxygen atoms in total. The van der Waals surface area contributed by atoms with Crippen LogP contribution < -0.4 is 4.74 Å². The summed E-state index contributed by atoms with van der Waals surface area (Å²) in [5, 5.41) is 12.0. The summed E-state index contributed by atoms with van der Waals surface area (Å²) in [6, 6.07) is 7.19. The molecule has 0 bridgehead atoms. The fraction of sp³-hybridized carbons (Fsp3) is 0. The van der Waals surface area contributed by atoms with Crippen molar-refractivity contribution in [3.05, 3.63) is 51.6 Å². The van der Waals surface area contributed by atoms with Crippen LogP contribution in [0.4, 0.5) is 9.39 Å². The van der Waals surface area contributed by atoms with Crippen LogP contribution >= 0.6 is 11.3 Å². The Bertz CT molecular complexity index is 526. The van der Waals surface area contributed by atoms with Crippen molar-refractivity contribution in [2.24, 2.45) is 0 Å². The molecule has 0 spiro atoms. The lowest BCUT2D eigenvalue weighted by Gasteiger charge is -2.03. The zero-order valence-electron chi connectivity index (χ0n) is 7.92. The summed E-state index contributed by atoms with van der Waals surface area (Å²) in [6.07, 6.45) is 0. The Morgan fingerprint density at radius 1 is 1.25 bits per heavy atom. The predicted octanol–water partition coefficient (Wildman–Crippen LogP) is 3.59. The van der Waals surface area contributed by atoms with Gasteiger partial charge in [-0.25, -0.2) is 4.39 Å². The topological polar surface area (TPSA) is 52.4 Å². The number of halogens is 1. The number of nitro groups is 1. The van der Waals surface area contributed by atoms with Crippen LogP contribution in [-0.4, -0.2) is 4.92 Å². The smallest absolute Gasteiger partial charge is 0.366 e. The zero-order chi connectivity index (χ0) is 11.5. The minimum absolute atomic E-state index is 0.0241. The van der Waals surface area contributed by atoms with E-state index in [1.165, 1.54) is 29.6 Å². The van der Waals surface area contributed by atoms with Gasteiger partial charge in [0.15, 0.2) is 11.6 Å². The summed E-state index contributed by atoms with van der Waals surface area (Å²) in [7, 11) is 0. The van der Waals surface area contributed by atoms with Crippen molar-refractivity contribution >= 4 is 16.3 Å². The lowest BCUT2D eigenvalue weighted by atomic mass is 10.3. The van der Waals surface area contributed by atoms with Crippen LogP contribution in [0.3, 0.4) is 0 Å². The van der Waals surface area contributed by atoms with Gasteiger partial charge in [-0.15, -0.1) is 0 Å². The average molecular weight is 239 g/mol. The Labute approximate surface area is 94.1 Å². The van der Waals surface area contributed by atoms with Crippen molar-refractivity contribution in [1.82, 2.24) is 0 Å². The summed E-state index contributed by atoms with van der Waals surface area (Å²) in [5.41, 5.74) is 0. The average Bonchev–Trinajstić information content (AvgIpc) is 2.69. The van der Waals surface area contributed by atoms with Gasteiger partial charge in [0, 0.05) is 5.38 Å². The van der Waals surface area contributed by atoms with E-state index in [0.29, 0.717) is 0 Å². The molecule has 0 unspecified atom stereocenters. The Morgan fingerprint density at radius 2 is 2.00 bits per heavy atom. The SMILES string of the molecule is O=[N+]([O-])c1sccc1Oc1ccccc1F. The van der Waals surface area contributed by atoms with E-state index in [0.717, 1.165) is 11.3 Å². The Morgan fingerprint density at radius 3 is 2.69 bits per heavy atom. The molecule has 0 radical (unpaired) electrons. The number of hydrogen-bond acceptors (Lipinski definition) is 4. The maximum absolute atomic E-state index is 13.2. The Hall–Kier alpha value is -1.95. The van der Waals surface area contributed by atoms with Crippen LogP contribution in [0.2, 0.25) is 0 Å². The van der Waals surface area contributed by atoms with E-state index in [1.54, 1.807) is 6.07 Å². The van der Waals surface area contributed by atoms with Crippen LogP contribution in [0.5, 0.6) is 11.5 Å². The van der Waals surface area contributed by atoms with E-state index in [9.17, 15) is 14.5 Å². The number of hydrogen-bond donors (Lipinski definition) is 0. The number of para-hydroxylation sites is 1. The van der Waals surface area contributed by atoms with Gasteiger partial charge in [-0.05, 0) is 18.2 Å². The van der Waals surface area contributed by atoms with Crippen LogP contribution in [0.25, 0.3) is 0 Å². The van der Waals surface area contributed by atoms with Crippen molar-refractivity contribution in [2.75, 3.05) is 0 Å². The first-order valence-electron chi connectivity index (χ1n) is 4.33. The molecule has 0 aliphatic carbocycles. The Kier molecular flexibility index (Phi) is 2.82. The second-order valence-corrected chi connectivity index (χ2v) is 3.77. The normalized spacial score (nSPS) is 10.1. The van der Waals surface area contributed by atoms with Crippen LogP contribution in [0, 0.1) is 15.9 Å². The minimum Gasteiger partial charge on any atom is -0.446 e. The lowest BCUT2D eigenvalue weighted by Crippen LogP contribution is -1.90. The van der Waals surface area contributed by atoms with Crippen molar-refractivity contribution in [2.45, 2.75) is 0 Å². The minimum atomic E-state index is -0.555.